The van der Waals surface area contributed by atoms with Crippen LogP contribution in [0, 0.1) is 0 Å². The van der Waals surface area contributed by atoms with E-state index in [4.69, 9.17) is 33.2 Å². The van der Waals surface area contributed by atoms with Gasteiger partial charge in [-0.3, -0.25) is 24.0 Å². The van der Waals surface area contributed by atoms with Crippen molar-refractivity contribution in [3.8, 4) is 0 Å². The molecule has 1 rings (SSSR count). The minimum absolute atomic E-state index is 0.101. The number of aliphatic hydroxyl groups is 2. The normalized spacial score (nSPS) is 25.9. The Morgan fingerprint density at radius 2 is 1.38 bits per heavy atom. The first-order valence-corrected chi connectivity index (χ1v) is 10.3. The smallest absolute Gasteiger partial charge is 0.307 e. The molecule has 14 heteroatoms. The topological polar surface area (TPSA) is 190 Å². The van der Waals surface area contributed by atoms with Crippen LogP contribution in [0.25, 0.3) is 0 Å². The van der Waals surface area contributed by atoms with Gasteiger partial charge in [-0.2, -0.15) is 0 Å². The fraction of sp³-hybridized carbons (Fsp3) is 0.750. The van der Waals surface area contributed by atoms with Crippen LogP contribution < -0.4 is 0 Å². The summed E-state index contributed by atoms with van der Waals surface area (Å²) in [5.41, 5.74) is 0. The van der Waals surface area contributed by atoms with Crippen molar-refractivity contribution in [3.63, 3.8) is 0 Å². The van der Waals surface area contributed by atoms with E-state index in [9.17, 15) is 34.2 Å². The molecule has 1 aliphatic rings. The number of carbonyl (C=O) groups is 5. The van der Waals surface area contributed by atoms with Crippen LogP contribution in [0.15, 0.2) is 0 Å². The molecule has 0 aromatic rings. The number of rotatable bonds is 11. The van der Waals surface area contributed by atoms with Gasteiger partial charge in [-0.1, -0.05) is 6.92 Å². The van der Waals surface area contributed by atoms with E-state index in [0.29, 0.717) is 0 Å². The second-order valence-corrected chi connectivity index (χ2v) is 7.17. The zero-order chi connectivity index (χ0) is 26.0. The van der Waals surface area contributed by atoms with Crippen LogP contribution in [0.5, 0.6) is 0 Å². The van der Waals surface area contributed by atoms with Crippen LogP contribution in [0.2, 0.25) is 0 Å². The Balaban J connectivity index is 3.43. The molecule has 194 valence electrons. The molecule has 1 saturated heterocycles. The molecule has 3 unspecified atom stereocenters. The van der Waals surface area contributed by atoms with Crippen LogP contribution in [-0.2, 0) is 57.1 Å². The zero-order valence-electron chi connectivity index (χ0n) is 19.5. The maximum Gasteiger partial charge on any atom is 0.307 e. The molecular formula is C20H30O14. The zero-order valence-corrected chi connectivity index (χ0v) is 19.5. The van der Waals surface area contributed by atoms with E-state index in [-0.39, 0.29) is 6.42 Å². The van der Waals surface area contributed by atoms with Crippen molar-refractivity contribution in [2.75, 3.05) is 13.2 Å². The molecule has 0 saturated carbocycles. The van der Waals surface area contributed by atoms with Crippen molar-refractivity contribution in [1.82, 2.24) is 0 Å². The molecule has 0 amide bonds. The monoisotopic (exact) mass is 494 g/mol. The average molecular weight is 494 g/mol. The molecule has 0 radical (unpaired) electrons. The molecule has 0 spiro atoms. The highest BCUT2D eigenvalue weighted by Gasteiger charge is 2.53. The number of hydrogen-bond donors (Lipinski definition) is 2. The molecule has 0 aromatic heterocycles. The number of carbonyl (C=O) groups excluding carboxylic acids is 5. The Morgan fingerprint density at radius 1 is 0.853 bits per heavy atom. The lowest BCUT2D eigenvalue weighted by atomic mass is 9.98. The molecule has 14 nitrogen and oxygen atoms in total. The number of hydrogen-bond acceptors (Lipinski definition) is 14. The van der Waals surface area contributed by atoms with Gasteiger partial charge in [-0.05, 0) is 0 Å². The molecular weight excluding hydrogens is 464 g/mol. The summed E-state index contributed by atoms with van der Waals surface area (Å²) in [6.07, 6.45) is -11.1. The summed E-state index contributed by atoms with van der Waals surface area (Å²) in [7, 11) is 0. The fourth-order valence-electron chi connectivity index (χ4n) is 2.93. The van der Waals surface area contributed by atoms with Crippen molar-refractivity contribution in [2.45, 2.75) is 84.1 Å². The molecule has 0 bridgehead atoms. The van der Waals surface area contributed by atoms with Gasteiger partial charge in [0, 0.05) is 34.1 Å². The third-order valence-corrected chi connectivity index (χ3v) is 4.25. The molecule has 1 fully saturated rings. The first-order chi connectivity index (χ1) is 15.9. The third-order valence-electron chi connectivity index (χ3n) is 4.25. The molecule has 1 aliphatic heterocycles. The van der Waals surface area contributed by atoms with Gasteiger partial charge in [-0.25, -0.2) is 0 Å². The van der Waals surface area contributed by atoms with E-state index in [1.807, 2.05) is 0 Å². The van der Waals surface area contributed by atoms with E-state index < -0.39 is 86.2 Å². The Labute approximate surface area is 195 Å². The van der Waals surface area contributed by atoms with Crippen molar-refractivity contribution >= 4 is 29.8 Å². The molecule has 7 atom stereocenters. The Bertz CT molecular complexity index is 737. The summed E-state index contributed by atoms with van der Waals surface area (Å²) in [4.78, 5) is 58.4. The van der Waals surface area contributed by atoms with Crippen LogP contribution >= 0.6 is 0 Å². The summed E-state index contributed by atoms with van der Waals surface area (Å²) >= 11 is 0. The van der Waals surface area contributed by atoms with E-state index in [0.717, 1.165) is 27.7 Å². The van der Waals surface area contributed by atoms with Crippen LogP contribution in [0.4, 0.5) is 0 Å². The van der Waals surface area contributed by atoms with Gasteiger partial charge in [-0.15, -0.1) is 0 Å². The number of esters is 5. The summed E-state index contributed by atoms with van der Waals surface area (Å²) < 4.78 is 36.8. The Morgan fingerprint density at radius 3 is 1.85 bits per heavy atom. The SMILES string of the molecule is CCC(=O)OC(OC1O[C@H](COC(C)=O)[C@@H](OC(C)=O)[C@H](OC(C)=O)[C@H]1OC(C)=O)C(O)CO. The lowest BCUT2D eigenvalue weighted by Gasteiger charge is -2.44. The van der Waals surface area contributed by atoms with E-state index in [2.05, 4.69) is 0 Å². The highest BCUT2D eigenvalue weighted by molar-refractivity contribution is 5.69. The third kappa shape index (κ3) is 9.21. The summed E-state index contributed by atoms with van der Waals surface area (Å²) in [6.45, 7) is 4.34. The van der Waals surface area contributed by atoms with Gasteiger partial charge < -0.3 is 43.4 Å². The predicted molar refractivity (Wildman–Crippen MR) is 106 cm³/mol. The highest BCUT2D eigenvalue weighted by atomic mass is 16.8. The summed E-state index contributed by atoms with van der Waals surface area (Å²) in [5.74, 6) is -4.05. The van der Waals surface area contributed by atoms with Crippen molar-refractivity contribution in [2.24, 2.45) is 0 Å². The predicted octanol–water partition coefficient (Wildman–Crippen LogP) is -1.28. The van der Waals surface area contributed by atoms with Crippen LogP contribution in [0.1, 0.15) is 41.0 Å². The Hall–Kier alpha value is -2.81. The van der Waals surface area contributed by atoms with Gasteiger partial charge in [0.1, 0.15) is 18.8 Å². The second kappa shape index (κ2) is 13.8. The molecule has 0 aromatic carbocycles. The first kappa shape index (κ1) is 29.2. The average Bonchev–Trinajstić information content (AvgIpc) is 2.74. The number of ether oxygens (including phenoxy) is 7. The van der Waals surface area contributed by atoms with Gasteiger partial charge in [0.25, 0.3) is 0 Å². The van der Waals surface area contributed by atoms with Crippen LogP contribution in [-0.4, -0.2) is 96.4 Å². The van der Waals surface area contributed by atoms with E-state index in [1.54, 1.807) is 0 Å². The van der Waals surface area contributed by atoms with Crippen molar-refractivity contribution in [3.05, 3.63) is 0 Å². The van der Waals surface area contributed by atoms with Crippen molar-refractivity contribution < 1.29 is 67.3 Å². The quantitative estimate of drug-likeness (QED) is 0.196. The summed E-state index contributed by atoms with van der Waals surface area (Å²) in [6, 6.07) is 0. The van der Waals surface area contributed by atoms with Crippen molar-refractivity contribution in [1.29, 1.82) is 0 Å². The Kier molecular flexibility index (Phi) is 11.9. The van der Waals surface area contributed by atoms with Crippen LogP contribution in [0.3, 0.4) is 0 Å². The maximum atomic E-state index is 11.8. The maximum absolute atomic E-state index is 11.8. The van der Waals surface area contributed by atoms with Gasteiger partial charge >= 0.3 is 29.8 Å². The first-order valence-electron chi connectivity index (χ1n) is 10.3. The second-order valence-electron chi connectivity index (χ2n) is 7.17. The van der Waals surface area contributed by atoms with Gasteiger partial charge in [0.2, 0.25) is 12.6 Å². The minimum atomic E-state index is -1.79. The van der Waals surface area contributed by atoms with Gasteiger partial charge in [0.05, 0.1) is 6.61 Å². The molecule has 0 aliphatic carbocycles. The molecule has 2 N–H and O–H groups in total. The fourth-order valence-corrected chi connectivity index (χ4v) is 2.93. The molecule has 1 heterocycles. The minimum Gasteiger partial charge on any atom is -0.463 e. The lowest BCUT2D eigenvalue weighted by molar-refractivity contribution is -0.346. The largest absolute Gasteiger partial charge is 0.463 e. The number of aliphatic hydroxyl groups excluding tert-OH is 2. The standard InChI is InChI=1S/C20H30O14/c1-6-15(27)33-19(13(26)7-21)34-20-18(31-12(5)25)17(30-11(4)24)16(29-10(3)23)14(32-20)8-28-9(2)22/h13-14,16-21,26H,6-8H2,1-5H3/t13?,14-,16-,17+,18-,19?,20?/m1/s1. The molecule has 34 heavy (non-hydrogen) atoms. The van der Waals surface area contributed by atoms with E-state index in [1.165, 1.54) is 6.92 Å². The highest BCUT2D eigenvalue weighted by Crippen LogP contribution is 2.31. The van der Waals surface area contributed by atoms with E-state index >= 15 is 0 Å². The summed E-state index contributed by atoms with van der Waals surface area (Å²) in [5, 5.41) is 19.4. The van der Waals surface area contributed by atoms with Gasteiger partial charge in [0.15, 0.2) is 18.3 Å². The lowest BCUT2D eigenvalue weighted by Crippen LogP contribution is -2.63.